The quantitative estimate of drug-likeness (QED) is 0.805. The summed E-state index contributed by atoms with van der Waals surface area (Å²) in [6.07, 6.45) is 1.55. The van der Waals surface area contributed by atoms with Gasteiger partial charge in [0.1, 0.15) is 6.04 Å². The molecule has 0 aliphatic rings. The summed E-state index contributed by atoms with van der Waals surface area (Å²) in [7, 11) is 0. The van der Waals surface area contributed by atoms with Crippen LogP contribution in [0.15, 0.2) is 51.8 Å². The van der Waals surface area contributed by atoms with Crippen LogP contribution in [0, 0.1) is 6.92 Å². The van der Waals surface area contributed by atoms with Crippen LogP contribution < -0.4 is 11.1 Å². The van der Waals surface area contributed by atoms with Gasteiger partial charge in [-0.05, 0) is 38.1 Å². The number of anilines is 1. The lowest BCUT2D eigenvalue weighted by Gasteiger charge is -2.12. The van der Waals surface area contributed by atoms with Gasteiger partial charge in [-0.2, -0.15) is 0 Å². The molecule has 22 heavy (non-hydrogen) atoms. The van der Waals surface area contributed by atoms with Crippen molar-refractivity contribution in [3.63, 3.8) is 0 Å². The molecule has 0 bridgehead atoms. The van der Waals surface area contributed by atoms with E-state index in [0.717, 1.165) is 5.56 Å². The second-order valence-electron chi connectivity index (χ2n) is 5.09. The maximum atomic E-state index is 12.4. The van der Waals surface area contributed by atoms with E-state index in [0.29, 0.717) is 16.9 Å². The molecule has 1 aromatic carbocycles. The van der Waals surface area contributed by atoms with Crippen LogP contribution in [-0.4, -0.2) is 15.5 Å². The number of rotatable bonds is 3. The van der Waals surface area contributed by atoms with Crippen molar-refractivity contribution in [3.05, 3.63) is 58.7 Å². The zero-order valence-electron chi connectivity index (χ0n) is 12.2. The van der Waals surface area contributed by atoms with Crippen LogP contribution in [0.2, 0.25) is 0 Å². The molecular formula is C16H15N3O3. The third kappa shape index (κ3) is 2.50. The maximum absolute atomic E-state index is 12.4. The summed E-state index contributed by atoms with van der Waals surface area (Å²) >= 11 is 0. The highest BCUT2D eigenvalue weighted by molar-refractivity contribution is 5.94. The molecule has 0 radical (unpaired) electrons. The van der Waals surface area contributed by atoms with Crippen LogP contribution in [0.5, 0.6) is 0 Å². The zero-order valence-corrected chi connectivity index (χ0v) is 12.2. The van der Waals surface area contributed by atoms with Crippen LogP contribution in [0.3, 0.4) is 0 Å². The Kier molecular flexibility index (Phi) is 3.50. The Morgan fingerprint density at radius 3 is 2.73 bits per heavy atom. The van der Waals surface area contributed by atoms with Crippen molar-refractivity contribution >= 4 is 22.8 Å². The van der Waals surface area contributed by atoms with E-state index in [9.17, 15) is 9.59 Å². The van der Waals surface area contributed by atoms with Crippen LogP contribution in [-0.2, 0) is 4.79 Å². The van der Waals surface area contributed by atoms with E-state index in [1.54, 1.807) is 25.3 Å². The van der Waals surface area contributed by atoms with Crippen molar-refractivity contribution in [2.45, 2.75) is 19.9 Å². The van der Waals surface area contributed by atoms with E-state index in [4.69, 9.17) is 4.42 Å². The first-order chi connectivity index (χ1) is 10.6. The normalized spacial score (nSPS) is 12.3. The average molecular weight is 297 g/mol. The molecule has 6 nitrogen and oxygen atoms in total. The number of oxazole rings is 1. The standard InChI is InChI=1S/C16H15N3O3/c1-10-5-7-12(8-6-10)18-15(20)11(2)19-14-13(22-16(19)21)4-3-9-17-14/h3-9,11H,1-2H3,(H,18,20). The third-order valence-corrected chi connectivity index (χ3v) is 3.46. The first-order valence-electron chi connectivity index (χ1n) is 6.90. The number of fused-ring (bicyclic) bond motifs is 1. The second-order valence-corrected chi connectivity index (χ2v) is 5.09. The summed E-state index contributed by atoms with van der Waals surface area (Å²) in [6, 6.07) is 10.0. The number of nitrogens with zero attached hydrogens (tertiary/aromatic N) is 2. The first-order valence-corrected chi connectivity index (χ1v) is 6.90. The topological polar surface area (TPSA) is 77.1 Å². The van der Waals surface area contributed by atoms with Gasteiger partial charge >= 0.3 is 5.76 Å². The number of amides is 1. The average Bonchev–Trinajstić information content (AvgIpc) is 2.84. The largest absolute Gasteiger partial charge is 0.421 e. The summed E-state index contributed by atoms with van der Waals surface area (Å²) in [5.74, 6) is -0.903. The lowest BCUT2D eigenvalue weighted by atomic mass is 10.2. The number of benzene rings is 1. The van der Waals surface area contributed by atoms with E-state index in [1.807, 2.05) is 31.2 Å². The second kappa shape index (κ2) is 5.48. The molecule has 6 heteroatoms. The molecule has 3 rings (SSSR count). The van der Waals surface area contributed by atoms with Gasteiger partial charge in [0.15, 0.2) is 11.2 Å². The molecule has 1 atom stereocenters. The molecule has 112 valence electrons. The highest BCUT2D eigenvalue weighted by Gasteiger charge is 2.22. The van der Waals surface area contributed by atoms with Crippen LogP contribution in [0.4, 0.5) is 5.69 Å². The zero-order chi connectivity index (χ0) is 15.7. The highest BCUT2D eigenvalue weighted by Crippen LogP contribution is 2.16. The molecule has 2 heterocycles. The van der Waals surface area contributed by atoms with Crippen molar-refractivity contribution in [2.75, 3.05) is 5.32 Å². The van der Waals surface area contributed by atoms with Gasteiger partial charge in [0.2, 0.25) is 5.91 Å². The van der Waals surface area contributed by atoms with Gasteiger partial charge in [-0.1, -0.05) is 17.7 Å². The minimum atomic E-state index is -0.732. The van der Waals surface area contributed by atoms with Gasteiger partial charge < -0.3 is 9.73 Å². The molecule has 0 aliphatic carbocycles. The molecule has 0 saturated carbocycles. The Balaban J connectivity index is 1.90. The Hall–Kier alpha value is -2.89. The van der Waals surface area contributed by atoms with Crippen LogP contribution in [0.1, 0.15) is 18.5 Å². The summed E-state index contributed by atoms with van der Waals surface area (Å²) in [4.78, 5) is 28.4. The lowest BCUT2D eigenvalue weighted by molar-refractivity contribution is -0.118. The van der Waals surface area contributed by atoms with Crippen LogP contribution in [0.25, 0.3) is 11.2 Å². The maximum Gasteiger partial charge on any atom is 0.421 e. The summed E-state index contributed by atoms with van der Waals surface area (Å²) < 4.78 is 6.35. The summed E-state index contributed by atoms with van der Waals surface area (Å²) in [5, 5.41) is 2.78. The summed E-state index contributed by atoms with van der Waals surface area (Å²) in [5.41, 5.74) is 2.50. The number of hydrogen-bond acceptors (Lipinski definition) is 4. The summed E-state index contributed by atoms with van der Waals surface area (Å²) in [6.45, 7) is 3.60. The fourth-order valence-corrected chi connectivity index (χ4v) is 2.21. The van der Waals surface area contributed by atoms with E-state index >= 15 is 0 Å². The number of hydrogen-bond donors (Lipinski definition) is 1. The van der Waals surface area contributed by atoms with E-state index in [2.05, 4.69) is 10.3 Å². The van der Waals surface area contributed by atoms with E-state index < -0.39 is 11.8 Å². The monoisotopic (exact) mass is 297 g/mol. The third-order valence-electron chi connectivity index (χ3n) is 3.46. The van der Waals surface area contributed by atoms with Crippen molar-refractivity contribution in [3.8, 4) is 0 Å². The van der Waals surface area contributed by atoms with Crippen molar-refractivity contribution in [1.82, 2.24) is 9.55 Å². The van der Waals surface area contributed by atoms with Gasteiger partial charge in [-0.25, -0.2) is 14.3 Å². The van der Waals surface area contributed by atoms with Crippen molar-refractivity contribution in [1.29, 1.82) is 0 Å². The molecule has 0 aliphatic heterocycles. The first kappa shape index (κ1) is 14.1. The van der Waals surface area contributed by atoms with E-state index in [1.165, 1.54) is 4.57 Å². The Morgan fingerprint density at radius 1 is 1.27 bits per heavy atom. The number of aromatic nitrogens is 2. The number of pyridine rings is 1. The Labute approximate surface area is 126 Å². The predicted molar refractivity (Wildman–Crippen MR) is 82.8 cm³/mol. The molecule has 0 fully saturated rings. The molecule has 2 aromatic heterocycles. The Morgan fingerprint density at radius 2 is 2.00 bits per heavy atom. The van der Waals surface area contributed by atoms with Crippen molar-refractivity contribution < 1.29 is 9.21 Å². The number of carbonyl (C=O) groups excluding carboxylic acids is 1. The van der Waals surface area contributed by atoms with Crippen molar-refractivity contribution in [2.24, 2.45) is 0 Å². The van der Waals surface area contributed by atoms with Crippen LogP contribution >= 0.6 is 0 Å². The highest BCUT2D eigenvalue weighted by atomic mass is 16.4. The molecule has 3 aromatic rings. The predicted octanol–water partition coefficient (Wildman–Crippen LogP) is 2.50. The molecule has 1 amide bonds. The van der Waals surface area contributed by atoms with Gasteiger partial charge in [0.25, 0.3) is 0 Å². The number of carbonyl (C=O) groups is 1. The molecular weight excluding hydrogens is 282 g/mol. The number of aryl methyl sites for hydroxylation is 1. The SMILES string of the molecule is Cc1ccc(NC(=O)C(C)n2c(=O)oc3cccnc32)cc1. The fraction of sp³-hybridized carbons (Fsp3) is 0.188. The van der Waals surface area contributed by atoms with Gasteiger partial charge in [-0.3, -0.25) is 4.79 Å². The van der Waals surface area contributed by atoms with E-state index in [-0.39, 0.29) is 5.91 Å². The van der Waals surface area contributed by atoms with Gasteiger partial charge in [-0.15, -0.1) is 0 Å². The minimum Gasteiger partial charge on any atom is -0.406 e. The van der Waals surface area contributed by atoms with Gasteiger partial charge in [0.05, 0.1) is 0 Å². The lowest BCUT2D eigenvalue weighted by Crippen LogP contribution is -2.29. The smallest absolute Gasteiger partial charge is 0.406 e. The molecule has 1 N–H and O–H groups in total. The molecule has 1 unspecified atom stereocenters. The molecule has 0 saturated heterocycles. The fourth-order valence-electron chi connectivity index (χ4n) is 2.21. The minimum absolute atomic E-state index is 0.306. The molecule has 0 spiro atoms. The van der Waals surface area contributed by atoms with Gasteiger partial charge in [0, 0.05) is 11.9 Å². The Bertz CT molecular complexity index is 878. The number of nitrogens with one attached hydrogen (secondary N) is 1.